The molecule has 3 aromatic rings. The number of para-hydroxylation sites is 1. The highest BCUT2D eigenvalue weighted by atomic mass is 35.5. The minimum atomic E-state index is -0.679. The lowest BCUT2D eigenvalue weighted by molar-refractivity contribution is 0.0967. The van der Waals surface area contributed by atoms with Crippen LogP contribution in [0.3, 0.4) is 0 Å². The van der Waals surface area contributed by atoms with Crippen molar-refractivity contribution in [1.82, 2.24) is 5.32 Å². The molecule has 0 aliphatic carbocycles. The minimum Gasteiger partial charge on any atom is -0.457 e. The SMILES string of the molecule is Cc1ccccc1Oc1c(C)c(C)c(NC(=O)NC(=O)c2c(Cl)cccc2Cl)c(C)c1C. The summed E-state index contributed by atoms with van der Waals surface area (Å²) in [5, 5.41) is 5.41. The molecule has 7 heteroatoms. The predicted octanol–water partition coefficient (Wildman–Crippen LogP) is 7.29. The first-order chi connectivity index (χ1) is 15.1. The molecule has 5 nitrogen and oxygen atoms in total. The van der Waals surface area contributed by atoms with Gasteiger partial charge in [0.05, 0.1) is 15.6 Å². The van der Waals surface area contributed by atoms with Gasteiger partial charge in [-0.2, -0.15) is 0 Å². The lowest BCUT2D eigenvalue weighted by atomic mass is 9.97. The molecule has 3 rings (SSSR count). The van der Waals surface area contributed by atoms with Gasteiger partial charge in [-0.05, 0) is 80.6 Å². The first-order valence-electron chi connectivity index (χ1n) is 10.0. The second-order valence-electron chi connectivity index (χ2n) is 7.58. The van der Waals surface area contributed by atoms with E-state index in [4.69, 9.17) is 27.9 Å². The number of benzene rings is 3. The Hall–Kier alpha value is -3.02. The highest BCUT2D eigenvalue weighted by molar-refractivity contribution is 6.40. The van der Waals surface area contributed by atoms with E-state index in [1.54, 1.807) is 6.07 Å². The van der Waals surface area contributed by atoms with E-state index in [0.29, 0.717) is 5.69 Å². The molecule has 0 radical (unpaired) electrons. The third kappa shape index (κ3) is 4.74. The van der Waals surface area contributed by atoms with Gasteiger partial charge >= 0.3 is 6.03 Å². The van der Waals surface area contributed by atoms with Gasteiger partial charge in [-0.25, -0.2) is 4.79 Å². The maximum atomic E-state index is 12.6. The van der Waals surface area contributed by atoms with Crippen LogP contribution in [0.1, 0.15) is 38.2 Å². The van der Waals surface area contributed by atoms with E-state index in [2.05, 4.69) is 10.6 Å². The van der Waals surface area contributed by atoms with Gasteiger partial charge in [0.1, 0.15) is 11.5 Å². The van der Waals surface area contributed by atoms with Crippen LogP contribution in [0.4, 0.5) is 10.5 Å². The van der Waals surface area contributed by atoms with Gasteiger partial charge in [0.15, 0.2) is 0 Å². The van der Waals surface area contributed by atoms with E-state index < -0.39 is 11.9 Å². The zero-order valence-electron chi connectivity index (χ0n) is 18.5. The Morgan fingerprint density at radius 1 is 0.781 bits per heavy atom. The van der Waals surface area contributed by atoms with Crippen LogP contribution in [0.5, 0.6) is 11.5 Å². The van der Waals surface area contributed by atoms with Crippen molar-refractivity contribution in [2.75, 3.05) is 5.32 Å². The molecule has 3 amide bonds. The van der Waals surface area contributed by atoms with Crippen LogP contribution in [0, 0.1) is 34.6 Å². The van der Waals surface area contributed by atoms with Gasteiger partial charge in [-0.3, -0.25) is 10.1 Å². The van der Waals surface area contributed by atoms with Crippen molar-refractivity contribution in [3.05, 3.63) is 85.9 Å². The summed E-state index contributed by atoms with van der Waals surface area (Å²) in [6.07, 6.45) is 0. The Kier molecular flexibility index (Phi) is 7.12. The number of nitrogens with one attached hydrogen (secondary N) is 2. The smallest absolute Gasteiger partial charge is 0.326 e. The molecular formula is C25H24Cl2N2O3. The topological polar surface area (TPSA) is 67.4 Å². The highest BCUT2D eigenvalue weighted by Crippen LogP contribution is 2.38. The van der Waals surface area contributed by atoms with Crippen molar-refractivity contribution in [1.29, 1.82) is 0 Å². The number of ether oxygens (including phenoxy) is 1. The fourth-order valence-electron chi connectivity index (χ4n) is 3.42. The summed E-state index contributed by atoms with van der Waals surface area (Å²) in [6, 6.07) is 11.8. The lowest BCUT2D eigenvalue weighted by Crippen LogP contribution is -2.35. The molecule has 0 aliphatic heterocycles. The average molecular weight is 471 g/mol. The lowest BCUT2D eigenvalue weighted by Gasteiger charge is -2.21. The van der Waals surface area contributed by atoms with Gasteiger partial charge in [0.2, 0.25) is 0 Å². The Labute approximate surface area is 197 Å². The summed E-state index contributed by atoms with van der Waals surface area (Å²) in [5.74, 6) is 0.846. The monoisotopic (exact) mass is 470 g/mol. The molecule has 32 heavy (non-hydrogen) atoms. The van der Waals surface area contributed by atoms with E-state index in [1.165, 1.54) is 12.1 Å². The minimum absolute atomic E-state index is 0.0498. The fraction of sp³-hybridized carbons (Fsp3) is 0.200. The Bertz CT molecular complexity index is 1170. The van der Waals surface area contributed by atoms with Crippen molar-refractivity contribution in [3.8, 4) is 11.5 Å². The number of carbonyl (C=O) groups is 2. The molecule has 0 bridgehead atoms. The largest absolute Gasteiger partial charge is 0.457 e. The van der Waals surface area contributed by atoms with Crippen molar-refractivity contribution in [2.24, 2.45) is 0 Å². The van der Waals surface area contributed by atoms with Gasteiger partial charge in [-0.15, -0.1) is 0 Å². The van der Waals surface area contributed by atoms with Crippen molar-refractivity contribution >= 4 is 40.8 Å². The van der Waals surface area contributed by atoms with E-state index >= 15 is 0 Å². The molecule has 0 unspecified atom stereocenters. The molecule has 0 heterocycles. The zero-order chi connectivity index (χ0) is 23.6. The zero-order valence-corrected chi connectivity index (χ0v) is 20.0. The quantitative estimate of drug-likeness (QED) is 0.420. The molecule has 166 valence electrons. The third-order valence-electron chi connectivity index (χ3n) is 5.52. The first kappa shape index (κ1) is 23.6. The molecule has 0 fully saturated rings. The summed E-state index contributed by atoms with van der Waals surface area (Å²) >= 11 is 12.1. The van der Waals surface area contributed by atoms with Crippen molar-refractivity contribution in [3.63, 3.8) is 0 Å². The van der Waals surface area contributed by atoms with E-state index in [0.717, 1.165) is 39.3 Å². The number of aryl methyl sites for hydroxylation is 1. The van der Waals surface area contributed by atoms with Crippen LogP contribution < -0.4 is 15.4 Å². The molecule has 3 aromatic carbocycles. The number of hydrogen-bond donors (Lipinski definition) is 2. The maximum absolute atomic E-state index is 12.6. The number of carbonyl (C=O) groups excluding carboxylic acids is 2. The van der Waals surface area contributed by atoms with Crippen LogP contribution in [-0.2, 0) is 0 Å². The fourth-order valence-corrected chi connectivity index (χ4v) is 3.99. The Morgan fingerprint density at radius 2 is 1.34 bits per heavy atom. The molecule has 0 saturated heterocycles. The number of hydrogen-bond acceptors (Lipinski definition) is 3. The van der Waals surface area contributed by atoms with Gasteiger partial charge in [0, 0.05) is 5.69 Å². The van der Waals surface area contributed by atoms with Crippen LogP contribution in [0.2, 0.25) is 10.0 Å². The number of rotatable bonds is 4. The number of halogens is 2. The van der Waals surface area contributed by atoms with Crippen molar-refractivity contribution in [2.45, 2.75) is 34.6 Å². The van der Waals surface area contributed by atoms with Crippen LogP contribution in [0.25, 0.3) is 0 Å². The summed E-state index contributed by atoms with van der Waals surface area (Å²) in [5.41, 5.74) is 5.17. The Balaban J connectivity index is 1.86. The van der Waals surface area contributed by atoms with Gasteiger partial charge in [0.25, 0.3) is 5.91 Å². The first-order valence-corrected chi connectivity index (χ1v) is 10.8. The second-order valence-corrected chi connectivity index (χ2v) is 8.39. The molecule has 0 spiro atoms. The molecule has 0 saturated carbocycles. The molecule has 0 atom stereocenters. The van der Waals surface area contributed by atoms with E-state index in [9.17, 15) is 9.59 Å². The number of amides is 3. The molecular weight excluding hydrogens is 447 g/mol. The highest BCUT2D eigenvalue weighted by Gasteiger charge is 2.21. The standard InChI is InChI=1S/C25H24Cl2N2O3/c1-13-9-6-7-12-20(13)32-23-16(4)14(2)22(15(3)17(23)5)28-25(31)29-24(30)21-18(26)10-8-11-19(21)27/h6-12H,1-5H3,(H2,28,29,30,31). The van der Waals surface area contributed by atoms with Crippen LogP contribution >= 0.6 is 23.2 Å². The molecule has 0 aromatic heterocycles. The second kappa shape index (κ2) is 9.63. The van der Waals surface area contributed by atoms with Crippen molar-refractivity contribution < 1.29 is 14.3 Å². The summed E-state index contributed by atoms with van der Waals surface area (Å²) < 4.78 is 6.23. The van der Waals surface area contributed by atoms with Crippen LogP contribution in [0.15, 0.2) is 42.5 Å². The number of anilines is 1. The van der Waals surface area contributed by atoms with E-state index in [1.807, 2.05) is 58.9 Å². The van der Waals surface area contributed by atoms with Gasteiger partial charge in [-0.1, -0.05) is 47.5 Å². The molecule has 0 aliphatic rings. The number of imide groups is 1. The maximum Gasteiger partial charge on any atom is 0.326 e. The average Bonchev–Trinajstić information content (AvgIpc) is 2.74. The normalized spacial score (nSPS) is 10.6. The Morgan fingerprint density at radius 3 is 1.91 bits per heavy atom. The van der Waals surface area contributed by atoms with Crippen LogP contribution in [-0.4, -0.2) is 11.9 Å². The predicted molar refractivity (Wildman–Crippen MR) is 130 cm³/mol. The summed E-state index contributed by atoms with van der Waals surface area (Å²) in [7, 11) is 0. The summed E-state index contributed by atoms with van der Waals surface area (Å²) in [6.45, 7) is 9.66. The number of urea groups is 1. The molecule has 2 N–H and O–H groups in total. The van der Waals surface area contributed by atoms with Gasteiger partial charge < -0.3 is 10.1 Å². The summed E-state index contributed by atoms with van der Waals surface area (Å²) in [4.78, 5) is 25.1. The third-order valence-corrected chi connectivity index (χ3v) is 6.15. The van der Waals surface area contributed by atoms with E-state index in [-0.39, 0.29) is 15.6 Å².